The highest BCUT2D eigenvalue weighted by atomic mass is 35.5. The van der Waals surface area contributed by atoms with Gasteiger partial charge in [0.15, 0.2) is 5.69 Å². The maximum absolute atomic E-state index is 11.7. The van der Waals surface area contributed by atoms with E-state index < -0.39 is 5.97 Å². The van der Waals surface area contributed by atoms with Crippen molar-refractivity contribution in [3.05, 3.63) is 76.8 Å². The Kier molecular flexibility index (Phi) is 7.33. The van der Waals surface area contributed by atoms with Crippen molar-refractivity contribution in [1.29, 1.82) is 0 Å². The van der Waals surface area contributed by atoms with Gasteiger partial charge >= 0.3 is 5.97 Å². The SMILES string of the molecule is CN1C(=O)CCc2cc(-c3cncc(CN)c3)ccc21.COC(=O)c1ncccc1Cl. The molecule has 2 N–H and O–H groups in total. The number of hydrogen-bond donors (Lipinski definition) is 1. The molecule has 7 nitrogen and oxygen atoms in total. The summed E-state index contributed by atoms with van der Waals surface area (Å²) in [4.78, 5) is 32.3. The van der Waals surface area contributed by atoms with Crippen molar-refractivity contribution >= 4 is 29.2 Å². The van der Waals surface area contributed by atoms with Crippen LogP contribution in [0.3, 0.4) is 0 Å². The Bertz CT molecular complexity index is 1100. The fourth-order valence-corrected chi connectivity index (χ4v) is 3.42. The quantitative estimate of drug-likeness (QED) is 0.627. The van der Waals surface area contributed by atoms with Crippen LogP contribution < -0.4 is 10.6 Å². The molecule has 1 aromatic carbocycles. The highest BCUT2D eigenvalue weighted by Gasteiger charge is 2.20. The van der Waals surface area contributed by atoms with Gasteiger partial charge in [-0.25, -0.2) is 9.78 Å². The largest absolute Gasteiger partial charge is 0.464 e. The third-order valence-corrected chi connectivity index (χ3v) is 5.23. The van der Waals surface area contributed by atoms with Crippen molar-refractivity contribution in [1.82, 2.24) is 9.97 Å². The molecule has 31 heavy (non-hydrogen) atoms. The number of esters is 1. The first-order valence-corrected chi connectivity index (χ1v) is 10.0. The number of amides is 1. The van der Waals surface area contributed by atoms with Gasteiger partial charge in [-0.2, -0.15) is 0 Å². The summed E-state index contributed by atoms with van der Waals surface area (Å²) in [6.45, 7) is 0.489. The van der Waals surface area contributed by atoms with Crippen LogP contribution in [0.4, 0.5) is 5.69 Å². The number of aromatic nitrogens is 2. The van der Waals surface area contributed by atoms with E-state index in [0.717, 1.165) is 28.8 Å². The van der Waals surface area contributed by atoms with Gasteiger partial charge in [0.2, 0.25) is 5.91 Å². The number of pyridine rings is 2. The molecule has 0 radical (unpaired) electrons. The van der Waals surface area contributed by atoms with E-state index in [-0.39, 0.29) is 11.6 Å². The number of carbonyl (C=O) groups is 2. The summed E-state index contributed by atoms with van der Waals surface area (Å²) in [6, 6.07) is 11.5. The molecule has 0 saturated carbocycles. The smallest absolute Gasteiger partial charge is 0.358 e. The van der Waals surface area contributed by atoms with Crippen molar-refractivity contribution in [3.8, 4) is 11.1 Å². The number of anilines is 1. The number of nitrogens with two attached hydrogens (primary N) is 1. The second kappa shape index (κ2) is 10.1. The predicted molar refractivity (Wildman–Crippen MR) is 120 cm³/mol. The average Bonchev–Trinajstić information content (AvgIpc) is 2.81. The fraction of sp³-hybridized carbons (Fsp3) is 0.217. The number of benzene rings is 1. The maximum atomic E-state index is 11.7. The number of hydrogen-bond acceptors (Lipinski definition) is 6. The Hall–Kier alpha value is -3.29. The summed E-state index contributed by atoms with van der Waals surface area (Å²) in [5.41, 5.74) is 11.2. The molecule has 8 heteroatoms. The van der Waals surface area contributed by atoms with E-state index in [0.29, 0.717) is 18.0 Å². The Balaban J connectivity index is 0.000000210. The maximum Gasteiger partial charge on any atom is 0.358 e. The van der Waals surface area contributed by atoms with Crippen LogP contribution >= 0.6 is 11.6 Å². The Morgan fingerprint density at radius 3 is 2.71 bits per heavy atom. The van der Waals surface area contributed by atoms with Gasteiger partial charge in [0, 0.05) is 49.9 Å². The number of halogens is 1. The molecular formula is C23H23ClN4O3. The topological polar surface area (TPSA) is 98.4 Å². The fourth-order valence-electron chi connectivity index (χ4n) is 3.23. The predicted octanol–water partition coefficient (Wildman–Crippen LogP) is 3.64. The van der Waals surface area contributed by atoms with E-state index in [9.17, 15) is 9.59 Å². The lowest BCUT2D eigenvalue weighted by molar-refractivity contribution is -0.118. The minimum Gasteiger partial charge on any atom is -0.464 e. The van der Waals surface area contributed by atoms with Crippen LogP contribution in [0.15, 0.2) is 55.0 Å². The lowest BCUT2D eigenvalue weighted by Crippen LogP contribution is -2.30. The molecule has 0 unspecified atom stereocenters. The summed E-state index contributed by atoms with van der Waals surface area (Å²) in [6.07, 6.45) is 6.50. The van der Waals surface area contributed by atoms with Crippen molar-refractivity contribution in [2.45, 2.75) is 19.4 Å². The van der Waals surface area contributed by atoms with Crippen molar-refractivity contribution in [3.63, 3.8) is 0 Å². The minimum absolute atomic E-state index is 0.150. The number of carbonyl (C=O) groups excluding carboxylic acids is 2. The van der Waals surface area contributed by atoms with Gasteiger partial charge in [0.1, 0.15) is 0 Å². The highest BCUT2D eigenvalue weighted by molar-refractivity contribution is 6.33. The van der Waals surface area contributed by atoms with Crippen LogP contribution in [-0.2, 0) is 22.5 Å². The number of fused-ring (bicyclic) bond motifs is 1. The number of aryl methyl sites for hydroxylation is 1. The normalized spacial score (nSPS) is 12.5. The molecule has 3 heterocycles. The van der Waals surface area contributed by atoms with Gasteiger partial charge in [-0.3, -0.25) is 9.78 Å². The summed E-state index contributed by atoms with van der Waals surface area (Å²) in [7, 11) is 3.12. The number of rotatable bonds is 3. The molecule has 0 aliphatic carbocycles. The summed E-state index contributed by atoms with van der Waals surface area (Å²) < 4.78 is 4.43. The van der Waals surface area contributed by atoms with Crippen molar-refractivity contribution < 1.29 is 14.3 Å². The van der Waals surface area contributed by atoms with E-state index in [1.807, 2.05) is 25.4 Å². The summed E-state index contributed by atoms with van der Waals surface area (Å²) >= 11 is 5.63. The second-order valence-electron chi connectivity index (χ2n) is 6.91. The van der Waals surface area contributed by atoms with Crippen LogP contribution in [0.2, 0.25) is 5.02 Å². The van der Waals surface area contributed by atoms with Crippen LogP contribution in [-0.4, -0.2) is 36.0 Å². The van der Waals surface area contributed by atoms with Gasteiger partial charge in [-0.05, 0) is 53.4 Å². The standard InChI is InChI=1S/C16H17N3O.C7H6ClNO2/c1-19-15-4-2-12(7-13(15)3-5-16(19)20)14-6-11(8-17)9-18-10-14;1-11-7(10)6-5(8)3-2-4-9-6/h2,4,6-7,9-10H,3,5,8,17H2,1H3;2-4H,1H3. The monoisotopic (exact) mass is 438 g/mol. The number of methoxy groups -OCH3 is 1. The zero-order valence-electron chi connectivity index (χ0n) is 17.3. The first kappa shape index (κ1) is 22.4. The van der Waals surface area contributed by atoms with E-state index in [4.69, 9.17) is 17.3 Å². The Labute approximate surface area is 185 Å². The van der Waals surface area contributed by atoms with Crippen LogP contribution in [0.1, 0.15) is 28.0 Å². The van der Waals surface area contributed by atoms with Gasteiger partial charge in [-0.15, -0.1) is 0 Å². The molecule has 0 atom stereocenters. The third-order valence-electron chi connectivity index (χ3n) is 4.92. The zero-order valence-corrected chi connectivity index (χ0v) is 18.1. The van der Waals surface area contributed by atoms with E-state index in [2.05, 4.69) is 26.8 Å². The molecule has 3 aromatic rings. The van der Waals surface area contributed by atoms with E-state index >= 15 is 0 Å². The Morgan fingerprint density at radius 1 is 1.19 bits per heavy atom. The molecule has 0 saturated heterocycles. The Morgan fingerprint density at radius 2 is 2.00 bits per heavy atom. The minimum atomic E-state index is -0.518. The molecule has 1 amide bonds. The molecule has 0 bridgehead atoms. The molecule has 1 aliphatic rings. The zero-order chi connectivity index (χ0) is 22.4. The molecule has 4 rings (SSSR count). The third kappa shape index (κ3) is 5.25. The first-order chi connectivity index (χ1) is 14.9. The molecule has 1 aliphatic heterocycles. The number of nitrogens with zero attached hydrogens (tertiary/aromatic N) is 3. The average molecular weight is 439 g/mol. The molecule has 0 fully saturated rings. The molecule has 160 valence electrons. The van der Waals surface area contributed by atoms with Gasteiger partial charge in [-0.1, -0.05) is 17.7 Å². The molecule has 2 aromatic heterocycles. The summed E-state index contributed by atoms with van der Waals surface area (Å²) in [5.74, 6) is -0.340. The van der Waals surface area contributed by atoms with Crippen molar-refractivity contribution in [2.24, 2.45) is 5.73 Å². The van der Waals surface area contributed by atoms with Gasteiger partial charge in [0.25, 0.3) is 0 Å². The van der Waals surface area contributed by atoms with Gasteiger partial charge in [0.05, 0.1) is 12.1 Å². The first-order valence-electron chi connectivity index (χ1n) is 9.67. The van der Waals surface area contributed by atoms with Crippen LogP contribution in [0.5, 0.6) is 0 Å². The lowest BCUT2D eigenvalue weighted by Gasteiger charge is -2.26. The molecular weight excluding hydrogens is 416 g/mol. The van der Waals surface area contributed by atoms with Crippen LogP contribution in [0, 0.1) is 0 Å². The lowest BCUT2D eigenvalue weighted by atomic mass is 9.96. The van der Waals surface area contributed by atoms with Gasteiger partial charge < -0.3 is 15.4 Å². The van der Waals surface area contributed by atoms with E-state index in [1.165, 1.54) is 18.9 Å². The van der Waals surface area contributed by atoms with Crippen LogP contribution in [0.25, 0.3) is 11.1 Å². The number of ether oxygens (including phenoxy) is 1. The molecule has 0 spiro atoms. The summed E-state index contributed by atoms with van der Waals surface area (Å²) in [5, 5.41) is 0.305. The van der Waals surface area contributed by atoms with E-state index in [1.54, 1.807) is 23.2 Å². The van der Waals surface area contributed by atoms with Crippen molar-refractivity contribution in [2.75, 3.05) is 19.1 Å². The highest BCUT2D eigenvalue weighted by Crippen LogP contribution is 2.31. The second-order valence-corrected chi connectivity index (χ2v) is 7.31.